The Morgan fingerprint density at radius 2 is 2.06 bits per heavy atom. The minimum atomic E-state index is -4.84. The fourth-order valence-corrected chi connectivity index (χ4v) is 1.16. The number of aliphatic hydroxyl groups excluding tert-OH is 1. The number of anilines is 1. The number of halogens is 3. The molecule has 90 valence electrons. The van der Waals surface area contributed by atoms with Crippen molar-refractivity contribution in [2.75, 3.05) is 5.73 Å². The van der Waals surface area contributed by atoms with Crippen LogP contribution in [0.2, 0.25) is 0 Å². The summed E-state index contributed by atoms with van der Waals surface area (Å²) in [5.41, 5.74) is 10.7. The number of hydrogen-bond acceptors (Lipinski definition) is 5. The molecule has 0 unspecified atom stereocenters. The van der Waals surface area contributed by atoms with Crippen molar-refractivity contribution >= 4 is 5.69 Å². The van der Waals surface area contributed by atoms with Crippen LogP contribution in [-0.4, -0.2) is 16.5 Å². The predicted molar refractivity (Wildman–Crippen MR) is 49.1 cm³/mol. The third-order valence-electron chi connectivity index (χ3n) is 1.86. The molecule has 0 aromatic carbocycles. The number of aromatic nitrogens is 1. The van der Waals surface area contributed by atoms with Gasteiger partial charge in [0.25, 0.3) is 0 Å². The summed E-state index contributed by atoms with van der Waals surface area (Å²) < 4.78 is 39.5. The van der Waals surface area contributed by atoms with E-state index in [9.17, 15) is 13.2 Å². The molecule has 1 aromatic rings. The molecule has 0 saturated heterocycles. The maximum absolute atomic E-state index is 12.0. The van der Waals surface area contributed by atoms with E-state index < -0.39 is 18.7 Å². The number of nitrogen functional groups attached to an aromatic ring is 1. The lowest BCUT2D eigenvalue weighted by Crippen LogP contribution is -2.19. The van der Waals surface area contributed by atoms with E-state index >= 15 is 0 Å². The van der Waals surface area contributed by atoms with E-state index in [1.165, 1.54) is 0 Å². The molecule has 0 aliphatic carbocycles. The van der Waals surface area contributed by atoms with E-state index in [1.54, 1.807) is 0 Å². The molecule has 0 atom stereocenters. The second-order valence-electron chi connectivity index (χ2n) is 2.87. The van der Waals surface area contributed by atoms with Gasteiger partial charge in [0.2, 0.25) is 0 Å². The smallest absolute Gasteiger partial charge is 0.402 e. The van der Waals surface area contributed by atoms with Crippen LogP contribution in [0.15, 0.2) is 6.20 Å². The van der Waals surface area contributed by atoms with Crippen LogP contribution in [0.1, 0.15) is 11.3 Å². The lowest BCUT2D eigenvalue weighted by atomic mass is 10.1. The predicted octanol–water partition coefficient (Wildman–Crippen LogP) is 0.513. The van der Waals surface area contributed by atoms with E-state index in [0.29, 0.717) is 0 Å². The standard InChI is InChI=1S/C8H10F3N3O2/c9-8(10,11)16-6-2-14-5(3-15)4(1-12)7(6)13/h2,15H,1,3,12H2,(H2,13,14). The Morgan fingerprint density at radius 3 is 2.50 bits per heavy atom. The third kappa shape index (κ3) is 2.74. The summed E-state index contributed by atoms with van der Waals surface area (Å²) in [6, 6.07) is 0. The van der Waals surface area contributed by atoms with Crippen LogP contribution in [0.5, 0.6) is 5.75 Å². The Morgan fingerprint density at radius 1 is 1.44 bits per heavy atom. The van der Waals surface area contributed by atoms with Crippen LogP contribution in [0.3, 0.4) is 0 Å². The van der Waals surface area contributed by atoms with Gasteiger partial charge in [0, 0.05) is 12.1 Å². The molecule has 0 spiro atoms. The molecule has 8 heteroatoms. The molecule has 0 saturated carbocycles. The number of nitrogens with zero attached hydrogens (tertiary/aromatic N) is 1. The minimum absolute atomic E-state index is 0.134. The lowest BCUT2D eigenvalue weighted by Gasteiger charge is -2.14. The van der Waals surface area contributed by atoms with Gasteiger partial charge < -0.3 is 21.3 Å². The van der Waals surface area contributed by atoms with E-state index in [1.807, 2.05) is 0 Å². The first-order valence-electron chi connectivity index (χ1n) is 4.22. The fourth-order valence-electron chi connectivity index (χ4n) is 1.16. The quantitative estimate of drug-likeness (QED) is 0.712. The lowest BCUT2D eigenvalue weighted by molar-refractivity contribution is -0.274. The summed E-state index contributed by atoms with van der Waals surface area (Å²) >= 11 is 0. The molecule has 5 nitrogen and oxygen atoms in total. The van der Waals surface area contributed by atoms with Crippen molar-refractivity contribution in [1.29, 1.82) is 0 Å². The highest BCUT2D eigenvalue weighted by Gasteiger charge is 2.32. The van der Waals surface area contributed by atoms with Gasteiger partial charge in [0.15, 0.2) is 5.75 Å². The number of pyridine rings is 1. The molecule has 0 radical (unpaired) electrons. The number of alkyl halides is 3. The van der Waals surface area contributed by atoms with E-state index in [-0.39, 0.29) is 23.5 Å². The summed E-state index contributed by atoms with van der Waals surface area (Å²) in [6.07, 6.45) is -4.05. The highest BCUT2D eigenvalue weighted by Crippen LogP contribution is 2.31. The van der Waals surface area contributed by atoms with E-state index in [2.05, 4.69) is 9.72 Å². The number of nitrogens with two attached hydrogens (primary N) is 2. The molecule has 16 heavy (non-hydrogen) atoms. The van der Waals surface area contributed by atoms with Gasteiger partial charge in [0.05, 0.1) is 24.2 Å². The summed E-state index contributed by atoms with van der Waals surface area (Å²) in [6.45, 7) is -0.590. The Hall–Kier alpha value is -1.54. The zero-order valence-corrected chi connectivity index (χ0v) is 8.08. The van der Waals surface area contributed by atoms with Crippen molar-refractivity contribution in [3.63, 3.8) is 0 Å². The molecule has 0 aliphatic heterocycles. The number of ether oxygens (including phenoxy) is 1. The third-order valence-corrected chi connectivity index (χ3v) is 1.86. The van der Waals surface area contributed by atoms with E-state index in [4.69, 9.17) is 16.6 Å². The normalized spacial score (nSPS) is 11.6. The van der Waals surface area contributed by atoms with E-state index in [0.717, 1.165) is 6.20 Å². The second kappa shape index (κ2) is 4.54. The first kappa shape index (κ1) is 12.5. The molecule has 1 rings (SSSR count). The molecule has 0 aliphatic rings. The van der Waals surface area contributed by atoms with Crippen LogP contribution in [0.4, 0.5) is 18.9 Å². The maximum atomic E-state index is 12.0. The van der Waals surface area contributed by atoms with Crippen molar-refractivity contribution in [1.82, 2.24) is 4.98 Å². The Bertz CT molecular complexity index is 382. The first-order chi connectivity index (χ1) is 7.39. The molecule has 1 heterocycles. The van der Waals surface area contributed by atoms with Gasteiger partial charge in [-0.15, -0.1) is 13.2 Å². The molecular weight excluding hydrogens is 227 g/mol. The zero-order chi connectivity index (χ0) is 12.3. The average Bonchev–Trinajstić information content (AvgIpc) is 2.19. The molecule has 5 N–H and O–H groups in total. The van der Waals surface area contributed by atoms with Gasteiger partial charge in [0.1, 0.15) is 0 Å². The van der Waals surface area contributed by atoms with Crippen molar-refractivity contribution in [2.45, 2.75) is 19.5 Å². The number of rotatable bonds is 3. The second-order valence-corrected chi connectivity index (χ2v) is 2.87. The van der Waals surface area contributed by atoms with Crippen molar-refractivity contribution in [2.24, 2.45) is 5.73 Å². The zero-order valence-electron chi connectivity index (χ0n) is 8.08. The Labute approximate surface area is 88.8 Å². The Kier molecular flexibility index (Phi) is 3.55. The molecule has 0 bridgehead atoms. The van der Waals surface area contributed by atoms with Crippen molar-refractivity contribution in [3.8, 4) is 5.75 Å². The summed E-state index contributed by atoms with van der Waals surface area (Å²) in [5, 5.41) is 8.86. The van der Waals surface area contributed by atoms with Crippen LogP contribution in [0, 0.1) is 0 Å². The molecule has 0 amide bonds. The van der Waals surface area contributed by atoms with Crippen LogP contribution < -0.4 is 16.2 Å². The SMILES string of the molecule is NCc1c(CO)ncc(OC(F)(F)F)c1N. The highest BCUT2D eigenvalue weighted by atomic mass is 19.4. The van der Waals surface area contributed by atoms with Crippen LogP contribution in [0.25, 0.3) is 0 Å². The van der Waals surface area contributed by atoms with Gasteiger partial charge in [-0.2, -0.15) is 0 Å². The Balaban J connectivity index is 3.14. The number of aliphatic hydroxyl groups is 1. The van der Waals surface area contributed by atoms with Gasteiger partial charge >= 0.3 is 6.36 Å². The van der Waals surface area contributed by atoms with Gasteiger partial charge in [-0.1, -0.05) is 0 Å². The van der Waals surface area contributed by atoms with Crippen molar-refractivity contribution < 1.29 is 23.0 Å². The topological polar surface area (TPSA) is 94.4 Å². The summed E-state index contributed by atoms with van der Waals surface area (Å²) in [7, 11) is 0. The summed E-state index contributed by atoms with van der Waals surface area (Å²) in [5.74, 6) is -0.620. The highest BCUT2D eigenvalue weighted by molar-refractivity contribution is 5.58. The van der Waals surface area contributed by atoms with Crippen molar-refractivity contribution in [3.05, 3.63) is 17.5 Å². The van der Waals surface area contributed by atoms with Gasteiger partial charge in [-0.25, -0.2) is 0 Å². The molecular formula is C8H10F3N3O2. The average molecular weight is 237 g/mol. The molecule has 0 fully saturated rings. The van der Waals surface area contributed by atoms with Gasteiger partial charge in [-0.3, -0.25) is 4.98 Å². The first-order valence-corrected chi connectivity index (χ1v) is 4.22. The maximum Gasteiger partial charge on any atom is 0.573 e. The molecule has 1 aromatic heterocycles. The monoisotopic (exact) mass is 237 g/mol. The van der Waals surface area contributed by atoms with Gasteiger partial charge in [-0.05, 0) is 0 Å². The summed E-state index contributed by atoms with van der Waals surface area (Å²) in [4.78, 5) is 3.58. The fraction of sp³-hybridized carbons (Fsp3) is 0.375. The van der Waals surface area contributed by atoms with Crippen LogP contribution in [-0.2, 0) is 13.2 Å². The largest absolute Gasteiger partial charge is 0.573 e. The minimum Gasteiger partial charge on any atom is -0.402 e. The van der Waals surface area contributed by atoms with Crippen LogP contribution >= 0.6 is 0 Å². The number of hydrogen-bond donors (Lipinski definition) is 3.